The Bertz CT molecular complexity index is 1120. The third-order valence-electron chi connectivity index (χ3n) is 8.56. The molecular weight excluding hydrogens is 460 g/mol. The molecule has 5 heteroatoms. The summed E-state index contributed by atoms with van der Waals surface area (Å²) >= 11 is 0. The Balaban J connectivity index is 1.75. The van der Waals surface area contributed by atoms with Gasteiger partial charge in [0.15, 0.2) is 0 Å². The molecule has 1 aromatic carbocycles. The molecule has 1 aromatic heterocycles. The van der Waals surface area contributed by atoms with Gasteiger partial charge in [-0.1, -0.05) is 66.9 Å². The second-order valence-electron chi connectivity index (χ2n) is 13.6. The van der Waals surface area contributed by atoms with Crippen LogP contribution in [0, 0.1) is 18.8 Å². The van der Waals surface area contributed by atoms with E-state index in [1.807, 2.05) is 0 Å². The lowest BCUT2D eigenvalue weighted by molar-refractivity contribution is -0.145. The zero-order valence-electron chi connectivity index (χ0n) is 23.9. The van der Waals surface area contributed by atoms with Gasteiger partial charge in [0, 0.05) is 24.0 Å². The van der Waals surface area contributed by atoms with Gasteiger partial charge < -0.3 is 15.0 Å². The van der Waals surface area contributed by atoms with Crippen LogP contribution in [0.3, 0.4) is 0 Å². The van der Waals surface area contributed by atoms with E-state index in [-0.39, 0.29) is 28.7 Å². The number of hydrogen-bond acceptors (Lipinski definition) is 2. The summed E-state index contributed by atoms with van der Waals surface area (Å²) in [5, 5.41) is 12.3. The normalized spacial score (nSPS) is 20.9. The van der Waals surface area contributed by atoms with Gasteiger partial charge >= 0.3 is 5.97 Å². The van der Waals surface area contributed by atoms with Gasteiger partial charge in [-0.15, -0.1) is 0 Å². The zero-order valence-corrected chi connectivity index (χ0v) is 23.9. The fraction of sp³-hybridized carbons (Fsp3) is 0.625. The van der Waals surface area contributed by atoms with Gasteiger partial charge in [0.05, 0.1) is 11.5 Å². The number of carbonyl (C=O) groups is 2. The van der Waals surface area contributed by atoms with Crippen molar-refractivity contribution in [2.75, 3.05) is 0 Å². The highest BCUT2D eigenvalue weighted by molar-refractivity contribution is 5.97. The van der Waals surface area contributed by atoms with Crippen molar-refractivity contribution in [3.05, 3.63) is 46.6 Å². The highest BCUT2D eigenvalue weighted by Crippen LogP contribution is 2.37. The van der Waals surface area contributed by atoms with E-state index >= 15 is 0 Å². The van der Waals surface area contributed by atoms with Crippen LogP contribution >= 0.6 is 0 Å². The Morgan fingerprint density at radius 3 is 2.00 bits per heavy atom. The van der Waals surface area contributed by atoms with Crippen LogP contribution in [0.1, 0.15) is 114 Å². The minimum absolute atomic E-state index is 0.0109. The number of amides is 1. The smallest absolute Gasteiger partial charge is 0.306 e. The summed E-state index contributed by atoms with van der Waals surface area (Å²) in [6.07, 6.45) is 7.40. The molecule has 0 bridgehead atoms. The maximum absolute atomic E-state index is 13.4. The molecular formula is C32H46N2O3. The second kappa shape index (κ2) is 10.3. The molecule has 2 saturated carbocycles. The maximum Gasteiger partial charge on any atom is 0.306 e. The summed E-state index contributed by atoms with van der Waals surface area (Å²) in [6.45, 7) is 16.5. The van der Waals surface area contributed by atoms with Crippen LogP contribution in [0.4, 0.5) is 0 Å². The lowest BCUT2D eigenvalue weighted by Crippen LogP contribution is -2.46. The van der Waals surface area contributed by atoms with E-state index in [4.69, 9.17) is 0 Å². The minimum Gasteiger partial charge on any atom is -0.481 e. The number of carboxylic acids is 1. The lowest BCUT2D eigenvalue weighted by atomic mass is 9.79. The summed E-state index contributed by atoms with van der Waals surface area (Å²) in [6, 6.07) is 8.98. The summed E-state index contributed by atoms with van der Waals surface area (Å²) in [4.78, 5) is 24.6. The van der Waals surface area contributed by atoms with E-state index in [1.165, 1.54) is 48.8 Å². The largest absolute Gasteiger partial charge is 0.481 e. The predicted octanol–water partition coefficient (Wildman–Crippen LogP) is 7.23. The molecule has 202 valence electrons. The molecule has 2 aliphatic carbocycles. The highest BCUT2D eigenvalue weighted by Gasteiger charge is 2.36. The van der Waals surface area contributed by atoms with Gasteiger partial charge in [-0.25, -0.2) is 0 Å². The molecule has 1 heterocycles. The number of hydrogen-bond donors (Lipinski definition) is 2. The zero-order chi connectivity index (χ0) is 27.1. The molecule has 2 aromatic rings. The SMILES string of the molecule is Cc1c(C(=O)NC2CC(C(=O)O)C2)cc(-c2cc(C(C)(C)C)cc(C(C)(C)C)c2)n1CC1CCCCC1. The van der Waals surface area contributed by atoms with Crippen LogP contribution in [-0.4, -0.2) is 27.6 Å². The first-order valence-electron chi connectivity index (χ1n) is 14.1. The predicted molar refractivity (Wildman–Crippen MR) is 150 cm³/mol. The van der Waals surface area contributed by atoms with Crippen molar-refractivity contribution in [1.82, 2.24) is 9.88 Å². The van der Waals surface area contributed by atoms with E-state index < -0.39 is 5.97 Å². The van der Waals surface area contributed by atoms with Crippen molar-refractivity contribution in [2.45, 2.75) is 117 Å². The lowest BCUT2D eigenvalue weighted by Gasteiger charge is -2.32. The molecule has 2 aliphatic rings. The first kappa shape index (κ1) is 27.5. The van der Waals surface area contributed by atoms with E-state index in [2.05, 4.69) is 82.6 Å². The summed E-state index contributed by atoms with van der Waals surface area (Å²) in [5.41, 5.74) is 6.63. The van der Waals surface area contributed by atoms with Crippen molar-refractivity contribution in [1.29, 1.82) is 0 Å². The Hall–Kier alpha value is -2.56. The van der Waals surface area contributed by atoms with Crippen molar-refractivity contribution in [3.8, 4) is 11.3 Å². The Kier molecular flexibility index (Phi) is 7.65. The average Bonchev–Trinajstić information content (AvgIpc) is 3.11. The van der Waals surface area contributed by atoms with E-state index in [1.54, 1.807) is 0 Å². The van der Waals surface area contributed by atoms with Crippen molar-refractivity contribution in [2.24, 2.45) is 11.8 Å². The molecule has 0 atom stereocenters. The number of benzene rings is 1. The Labute approximate surface area is 223 Å². The van der Waals surface area contributed by atoms with Gasteiger partial charge in [0.1, 0.15) is 0 Å². The fourth-order valence-corrected chi connectivity index (χ4v) is 5.82. The van der Waals surface area contributed by atoms with Gasteiger partial charge in [-0.3, -0.25) is 9.59 Å². The number of carbonyl (C=O) groups excluding carboxylic acids is 1. The molecule has 37 heavy (non-hydrogen) atoms. The van der Waals surface area contributed by atoms with Crippen LogP contribution in [0.2, 0.25) is 0 Å². The molecule has 5 nitrogen and oxygen atoms in total. The minimum atomic E-state index is -0.768. The fourth-order valence-electron chi connectivity index (χ4n) is 5.82. The molecule has 1 amide bonds. The van der Waals surface area contributed by atoms with E-state index in [9.17, 15) is 14.7 Å². The average molecular weight is 507 g/mol. The number of rotatable bonds is 6. The van der Waals surface area contributed by atoms with Crippen molar-refractivity contribution in [3.63, 3.8) is 0 Å². The molecule has 2 fully saturated rings. The number of aromatic nitrogens is 1. The highest BCUT2D eigenvalue weighted by atomic mass is 16.4. The van der Waals surface area contributed by atoms with E-state index in [0.717, 1.165) is 17.9 Å². The van der Waals surface area contributed by atoms with Crippen molar-refractivity contribution < 1.29 is 14.7 Å². The standard InChI is InChI=1S/C32H46N2O3/c1-20-27(29(35)33-26-15-23(16-26)30(36)37)18-28(34(20)19-21-11-9-8-10-12-21)22-13-24(31(2,3)4)17-25(14-22)32(5,6)7/h13-14,17-18,21,23,26H,8-12,15-16,19H2,1-7H3,(H,33,35)(H,36,37). The molecule has 2 N–H and O–H groups in total. The van der Waals surface area contributed by atoms with Crippen LogP contribution in [0.15, 0.2) is 24.3 Å². The summed E-state index contributed by atoms with van der Waals surface area (Å²) < 4.78 is 2.39. The third-order valence-corrected chi connectivity index (χ3v) is 8.56. The molecule has 4 rings (SSSR count). The Morgan fingerprint density at radius 2 is 1.49 bits per heavy atom. The molecule has 0 unspecified atom stereocenters. The molecule has 0 radical (unpaired) electrons. The summed E-state index contributed by atoms with van der Waals surface area (Å²) in [5.74, 6) is -0.562. The van der Waals surface area contributed by atoms with Crippen LogP contribution in [0.5, 0.6) is 0 Å². The number of carboxylic acid groups (broad SMARTS) is 1. The third kappa shape index (κ3) is 6.13. The van der Waals surface area contributed by atoms with Gasteiger partial charge in [0.2, 0.25) is 0 Å². The quantitative estimate of drug-likeness (QED) is 0.434. The number of aliphatic carboxylic acids is 1. The molecule has 0 saturated heterocycles. The Morgan fingerprint density at radius 1 is 0.919 bits per heavy atom. The van der Waals surface area contributed by atoms with Crippen LogP contribution in [-0.2, 0) is 22.2 Å². The van der Waals surface area contributed by atoms with Gasteiger partial charge in [-0.05, 0) is 84.2 Å². The van der Waals surface area contributed by atoms with E-state index in [0.29, 0.717) is 24.3 Å². The van der Waals surface area contributed by atoms with Gasteiger partial charge in [0.25, 0.3) is 5.91 Å². The van der Waals surface area contributed by atoms with Crippen molar-refractivity contribution >= 4 is 11.9 Å². The molecule has 0 spiro atoms. The summed E-state index contributed by atoms with van der Waals surface area (Å²) in [7, 11) is 0. The maximum atomic E-state index is 13.4. The van der Waals surface area contributed by atoms with Crippen LogP contribution in [0.25, 0.3) is 11.3 Å². The second-order valence-corrected chi connectivity index (χ2v) is 13.6. The monoisotopic (exact) mass is 506 g/mol. The number of nitrogens with zero attached hydrogens (tertiary/aromatic N) is 1. The first-order valence-corrected chi connectivity index (χ1v) is 14.1. The van der Waals surface area contributed by atoms with Gasteiger partial charge in [-0.2, -0.15) is 0 Å². The number of nitrogens with one attached hydrogen (secondary N) is 1. The van der Waals surface area contributed by atoms with Crippen LogP contribution < -0.4 is 5.32 Å². The molecule has 0 aliphatic heterocycles. The first-order chi connectivity index (χ1) is 17.2. The topological polar surface area (TPSA) is 71.3 Å².